The number of nitrogens with zero attached hydrogens (tertiary/aromatic N) is 1. The number of fused-ring (bicyclic) bond motifs is 1. The van der Waals surface area contributed by atoms with Crippen molar-refractivity contribution in [3.05, 3.63) is 104 Å². The van der Waals surface area contributed by atoms with Crippen molar-refractivity contribution in [2.75, 3.05) is 6.54 Å². The first kappa shape index (κ1) is 25.6. The normalized spacial score (nSPS) is 13.8. The lowest BCUT2D eigenvalue weighted by Crippen LogP contribution is -2.33. The number of amides is 1. The van der Waals surface area contributed by atoms with Gasteiger partial charge >= 0.3 is 6.18 Å². The fraction of sp³-hybridized carbons (Fsp3) is 0.250. The Morgan fingerprint density at radius 1 is 1.03 bits per heavy atom. The third kappa shape index (κ3) is 5.48. The number of hydrogen-bond donors (Lipinski definition) is 1. The van der Waals surface area contributed by atoms with E-state index in [0.717, 1.165) is 30.5 Å². The molecule has 0 aliphatic heterocycles. The summed E-state index contributed by atoms with van der Waals surface area (Å²) in [5, 5.41) is 0.859. The molecule has 9 heteroatoms. The summed E-state index contributed by atoms with van der Waals surface area (Å²) in [5.74, 6) is -1.01. The minimum absolute atomic E-state index is 0.0367. The molecule has 1 heterocycles. The number of hydrogen-bond acceptors (Lipinski definition) is 1. The van der Waals surface area contributed by atoms with Crippen LogP contribution in [0, 0.1) is 5.82 Å². The quantitative estimate of drug-likeness (QED) is 0.231. The topological polar surface area (TPSA) is 36.1 Å². The van der Waals surface area contributed by atoms with Gasteiger partial charge in [0, 0.05) is 29.7 Å². The third-order valence-electron chi connectivity index (χ3n) is 6.65. The second-order valence-electron chi connectivity index (χ2n) is 9.29. The first-order chi connectivity index (χ1) is 17.6. The zero-order valence-electron chi connectivity index (χ0n) is 19.5. The van der Waals surface area contributed by atoms with Crippen LogP contribution in [-0.2, 0) is 19.1 Å². The number of H-pyrrole nitrogens is 1. The fourth-order valence-corrected chi connectivity index (χ4v) is 4.95. The van der Waals surface area contributed by atoms with Crippen LogP contribution in [0.1, 0.15) is 51.4 Å². The molecule has 1 aliphatic carbocycles. The summed E-state index contributed by atoms with van der Waals surface area (Å²) >= 11 is 12.6. The van der Waals surface area contributed by atoms with Gasteiger partial charge in [0.1, 0.15) is 5.56 Å². The first-order valence-electron chi connectivity index (χ1n) is 11.8. The molecule has 4 aromatic rings. The van der Waals surface area contributed by atoms with Gasteiger partial charge in [0.2, 0.25) is 0 Å². The van der Waals surface area contributed by atoms with Crippen molar-refractivity contribution >= 4 is 40.0 Å². The molecular formula is C28H22Cl2F4N2O. The molecule has 1 N–H and O–H groups in total. The molecule has 0 unspecified atom stereocenters. The van der Waals surface area contributed by atoms with E-state index in [1.165, 1.54) is 17.0 Å². The number of carbonyl (C=O) groups excluding carboxylic acids is 1. The molecule has 3 nitrogen and oxygen atoms in total. The van der Waals surface area contributed by atoms with Gasteiger partial charge in [0.05, 0.1) is 16.1 Å². The van der Waals surface area contributed by atoms with E-state index in [-0.39, 0.29) is 30.1 Å². The Labute approximate surface area is 221 Å². The van der Waals surface area contributed by atoms with Gasteiger partial charge in [0.15, 0.2) is 5.82 Å². The average molecular weight is 549 g/mol. The van der Waals surface area contributed by atoms with Crippen LogP contribution < -0.4 is 0 Å². The maximum Gasteiger partial charge on any atom is 0.416 e. The van der Waals surface area contributed by atoms with Crippen molar-refractivity contribution in [3.63, 3.8) is 0 Å². The van der Waals surface area contributed by atoms with Crippen molar-refractivity contribution in [2.45, 2.75) is 37.9 Å². The second-order valence-corrected chi connectivity index (χ2v) is 10.1. The maximum absolute atomic E-state index is 15.2. The highest BCUT2D eigenvalue weighted by molar-refractivity contribution is 6.32. The minimum Gasteiger partial charge on any atom is -0.360 e. The van der Waals surface area contributed by atoms with Gasteiger partial charge in [-0.3, -0.25) is 4.79 Å². The van der Waals surface area contributed by atoms with Gasteiger partial charge in [0.25, 0.3) is 5.91 Å². The maximum atomic E-state index is 15.2. The Balaban J connectivity index is 1.48. The van der Waals surface area contributed by atoms with E-state index in [1.807, 2.05) is 18.2 Å². The fourth-order valence-electron chi connectivity index (χ4n) is 4.49. The lowest BCUT2D eigenvalue weighted by Gasteiger charge is -2.25. The van der Waals surface area contributed by atoms with Crippen LogP contribution in [0.15, 0.2) is 60.8 Å². The van der Waals surface area contributed by atoms with E-state index in [2.05, 4.69) is 4.98 Å². The molecule has 1 saturated carbocycles. The number of carbonyl (C=O) groups is 1. The lowest BCUT2D eigenvalue weighted by molar-refractivity contribution is -0.137. The van der Waals surface area contributed by atoms with Crippen LogP contribution >= 0.6 is 23.2 Å². The zero-order valence-corrected chi connectivity index (χ0v) is 21.0. The number of rotatable bonds is 7. The van der Waals surface area contributed by atoms with Gasteiger partial charge in [-0.2, -0.15) is 13.2 Å². The molecule has 1 aromatic heterocycles. The van der Waals surface area contributed by atoms with E-state index in [1.54, 1.807) is 18.3 Å². The Morgan fingerprint density at radius 3 is 2.51 bits per heavy atom. The number of halogens is 6. The molecule has 0 radical (unpaired) electrons. The van der Waals surface area contributed by atoms with Crippen molar-refractivity contribution in [3.8, 4) is 0 Å². The highest BCUT2D eigenvalue weighted by Gasteiger charge is 2.31. The predicted molar refractivity (Wildman–Crippen MR) is 137 cm³/mol. The standard InChI is InChI=1S/C28H22Cl2F4N2O/c29-22-13-18(17-4-5-17)6-7-20(22)15-36(11-9-16-2-1-3-21(12-16)28(32,33)34)27(37)24-25(31)23(30)14-19-8-10-35-26(19)24/h1-3,6-8,10,12-14,17,35H,4-5,9,11,15H2. The molecular weight excluding hydrogens is 527 g/mol. The summed E-state index contributed by atoms with van der Waals surface area (Å²) in [7, 11) is 0. The summed E-state index contributed by atoms with van der Waals surface area (Å²) in [6.45, 7) is 0.0880. The third-order valence-corrected chi connectivity index (χ3v) is 7.28. The summed E-state index contributed by atoms with van der Waals surface area (Å²) in [5.41, 5.74) is 1.50. The van der Waals surface area contributed by atoms with E-state index in [9.17, 15) is 18.0 Å². The number of aromatic nitrogens is 1. The molecule has 3 aromatic carbocycles. The molecule has 0 saturated heterocycles. The molecule has 1 amide bonds. The van der Waals surface area contributed by atoms with Crippen molar-refractivity contribution in [1.82, 2.24) is 9.88 Å². The summed E-state index contributed by atoms with van der Waals surface area (Å²) in [4.78, 5) is 18.1. The van der Waals surface area contributed by atoms with Crippen LogP contribution in [0.5, 0.6) is 0 Å². The van der Waals surface area contributed by atoms with E-state index >= 15 is 4.39 Å². The van der Waals surface area contributed by atoms with Crippen molar-refractivity contribution < 1.29 is 22.4 Å². The SMILES string of the molecule is O=C(c1c(F)c(Cl)cc2cc[nH]c12)N(CCc1cccc(C(F)(F)F)c1)Cc1ccc(C2CC2)cc1Cl. The molecule has 0 atom stereocenters. The van der Waals surface area contributed by atoms with Crippen molar-refractivity contribution in [1.29, 1.82) is 0 Å². The molecule has 1 fully saturated rings. The number of benzene rings is 3. The second kappa shape index (κ2) is 10.0. The number of nitrogens with one attached hydrogen (secondary N) is 1. The largest absolute Gasteiger partial charge is 0.416 e. The Bertz CT molecular complexity index is 1480. The minimum atomic E-state index is -4.48. The first-order valence-corrected chi connectivity index (χ1v) is 12.6. The summed E-state index contributed by atoms with van der Waals surface area (Å²) < 4.78 is 54.8. The summed E-state index contributed by atoms with van der Waals surface area (Å²) in [6.07, 6.45) is -0.554. The van der Waals surface area contributed by atoms with Crippen LogP contribution in [-0.4, -0.2) is 22.3 Å². The number of alkyl halides is 3. The number of aromatic amines is 1. The molecule has 0 bridgehead atoms. The van der Waals surface area contributed by atoms with Gasteiger partial charge in [-0.25, -0.2) is 4.39 Å². The highest BCUT2D eigenvalue weighted by Crippen LogP contribution is 2.41. The van der Waals surface area contributed by atoms with Crippen LogP contribution in [0.3, 0.4) is 0 Å². The van der Waals surface area contributed by atoms with Gasteiger partial charge in [-0.05, 0) is 66.1 Å². The highest BCUT2D eigenvalue weighted by atomic mass is 35.5. The van der Waals surface area contributed by atoms with E-state index in [4.69, 9.17) is 23.2 Å². The van der Waals surface area contributed by atoms with Crippen LogP contribution in [0.25, 0.3) is 10.9 Å². The average Bonchev–Trinajstić information content (AvgIpc) is 3.61. The van der Waals surface area contributed by atoms with Gasteiger partial charge in [-0.15, -0.1) is 0 Å². The Morgan fingerprint density at radius 2 is 1.81 bits per heavy atom. The molecule has 0 spiro atoms. The van der Waals surface area contributed by atoms with Crippen LogP contribution in [0.2, 0.25) is 10.0 Å². The Kier molecular flexibility index (Phi) is 6.94. The Hall–Kier alpha value is -3.03. The predicted octanol–water partition coefficient (Wildman–Crippen LogP) is 8.40. The van der Waals surface area contributed by atoms with Crippen LogP contribution in [0.4, 0.5) is 17.6 Å². The monoisotopic (exact) mass is 548 g/mol. The molecule has 5 rings (SSSR count). The summed E-state index contributed by atoms with van der Waals surface area (Å²) in [6, 6.07) is 13.8. The van der Waals surface area contributed by atoms with E-state index < -0.39 is 23.5 Å². The lowest BCUT2D eigenvalue weighted by atomic mass is 10.0. The van der Waals surface area contributed by atoms with Gasteiger partial charge in [-0.1, -0.05) is 53.5 Å². The van der Waals surface area contributed by atoms with E-state index in [0.29, 0.717) is 33.0 Å². The van der Waals surface area contributed by atoms with Crippen molar-refractivity contribution in [2.24, 2.45) is 0 Å². The smallest absolute Gasteiger partial charge is 0.360 e. The molecule has 1 aliphatic rings. The molecule has 37 heavy (non-hydrogen) atoms. The van der Waals surface area contributed by atoms with Gasteiger partial charge < -0.3 is 9.88 Å². The molecule has 192 valence electrons. The zero-order chi connectivity index (χ0) is 26.3.